The van der Waals surface area contributed by atoms with Crippen molar-refractivity contribution in [1.82, 2.24) is 14.9 Å². The van der Waals surface area contributed by atoms with Crippen molar-refractivity contribution in [3.8, 4) is 39.7 Å². The van der Waals surface area contributed by atoms with Crippen molar-refractivity contribution < 1.29 is 19.0 Å². The Morgan fingerprint density at radius 2 is 1.26 bits per heavy atom. The summed E-state index contributed by atoms with van der Waals surface area (Å²) in [7, 11) is 0. The summed E-state index contributed by atoms with van der Waals surface area (Å²) in [6.45, 7) is 3.81. The van der Waals surface area contributed by atoms with E-state index < -0.39 is 0 Å². The average Bonchev–Trinajstić information content (AvgIpc) is 3.55. The van der Waals surface area contributed by atoms with Gasteiger partial charge in [0.25, 0.3) is 5.91 Å². The highest BCUT2D eigenvalue weighted by Crippen LogP contribution is 2.37. The number of rotatable bonds is 17. The summed E-state index contributed by atoms with van der Waals surface area (Å²) in [6.07, 6.45) is 0. The van der Waals surface area contributed by atoms with Gasteiger partial charge in [0, 0.05) is 41.9 Å². The number of nitrogens with one attached hydrogen (secondary N) is 1. The van der Waals surface area contributed by atoms with E-state index in [1.807, 2.05) is 91.0 Å². The van der Waals surface area contributed by atoms with Gasteiger partial charge < -0.3 is 29.8 Å². The first-order valence-corrected chi connectivity index (χ1v) is 16.9. The fourth-order valence-electron chi connectivity index (χ4n) is 5.64. The van der Waals surface area contributed by atoms with Crippen LogP contribution in [0.1, 0.15) is 21.5 Å². The molecule has 0 aliphatic rings. The largest absolute Gasteiger partial charge is 0.489 e. The smallest absolute Gasteiger partial charge is 0.251 e. The molecule has 1 heterocycles. The fraction of sp³-hybridized carbons (Fsp3) is 0.190. The Hall–Kier alpha value is -5.54. The minimum Gasteiger partial charge on any atom is -0.489 e. The van der Waals surface area contributed by atoms with E-state index in [-0.39, 0.29) is 5.91 Å². The molecule has 50 heavy (non-hydrogen) atoms. The van der Waals surface area contributed by atoms with Gasteiger partial charge in [-0.25, -0.2) is 4.98 Å². The van der Waals surface area contributed by atoms with E-state index in [0.717, 1.165) is 50.8 Å². The van der Waals surface area contributed by atoms with Crippen LogP contribution in [0, 0.1) is 0 Å². The van der Waals surface area contributed by atoms with Crippen molar-refractivity contribution >= 4 is 5.91 Å². The molecule has 0 aliphatic heterocycles. The first-order chi connectivity index (χ1) is 24.7. The second kappa shape index (κ2) is 17.7. The second-order valence-electron chi connectivity index (χ2n) is 11.7. The predicted octanol–water partition coefficient (Wildman–Crippen LogP) is 7.23. The topological polar surface area (TPSA) is 101 Å². The number of hydrogen-bond donors (Lipinski definition) is 2. The maximum atomic E-state index is 12.9. The molecule has 1 aromatic heterocycles. The number of carbonyl (C=O) groups is 1. The molecule has 6 rings (SSSR count). The third-order valence-corrected chi connectivity index (χ3v) is 8.15. The van der Waals surface area contributed by atoms with E-state index in [0.29, 0.717) is 58.2 Å². The van der Waals surface area contributed by atoms with Gasteiger partial charge >= 0.3 is 0 Å². The number of imidazole rings is 1. The molecule has 0 unspecified atom stereocenters. The van der Waals surface area contributed by atoms with E-state index >= 15 is 0 Å². The van der Waals surface area contributed by atoms with Crippen LogP contribution in [0.5, 0.6) is 5.75 Å². The van der Waals surface area contributed by atoms with Gasteiger partial charge in [0.1, 0.15) is 18.2 Å². The lowest BCUT2D eigenvalue weighted by molar-refractivity contribution is 0.0511. The minimum atomic E-state index is -0.145. The quantitative estimate of drug-likeness (QED) is 0.0997. The predicted molar refractivity (Wildman–Crippen MR) is 198 cm³/mol. The minimum absolute atomic E-state index is 0.145. The summed E-state index contributed by atoms with van der Waals surface area (Å²) in [5.41, 5.74) is 13.2. The number of aromatic nitrogens is 2. The van der Waals surface area contributed by atoms with Gasteiger partial charge in [-0.15, -0.1) is 0 Å². The molecule has 0 atom stereocenters. The maximum Gasteiger partial charge on any atom is 0.251 e. The van der Waals surface area contributed by atoms with Gasteiger partial charge in [-0.1, -0.05) is 103 Å². The molecule has 6 aromatic rings. The highest BCUT2D eigenvalue weighted by atomic mass is 16.5. The van der Waals surface area contributed by atoms with E-state index in [4.69, 9.17) is 24.9 Å². The molecule has 5 aromatic carbocycles. The highest BCUT2D eigenvalue weighted by molar-refractivity contribution is 5.94. The molecule has 0 saturated carbocycles. The third kappa shape index (κ3) is 9.12. The Morgan fingerprint density at radius 3 is 1.92 bits per heavy atom. The number of hydrogen-bond acceptors (Lipinski definition) is 6. The third-order valence-electron chi connectivity index (χ3n) is 8.15. The van der Waals surface area contributed by atoms with Crippen LogP contribution >= 0.6 is 0 Å². The average molecular weight is 667 g/mol. The van der Waals surface area contributed by atoms with Gasteiger partial charge in [0.15, 0.2) is 0 Å². The fourth-order valence-corrected chi connectivity index (χ4v) is 5.64. The summed E-state index contributed by atoms with van der Waals surface area (Å²) < 4.78 is 19.2. The molecular formula is C42H42N4O4. The van der Waals surface area contributed by atoms with Crippen molar-refractivity contribution in [2.45, 2.75) is 13.2 Å². The van der Waals surface area contributed by atoms with Gasteiger partial charge in [-0.05, 0) is 47.5 Å². The van der Waals surface area contributed by atoms with E-state index in [1.165, 1.54) is 0 Å². The van der Waals surface area contributed by atoms with Gasteiger partial charge in [-0.3, -0.25) is 4.79 Å². The Kier molecular flexibility index (Phi) is 12.2. The molecule has 3 N–H and O–H groups in total. The van der Waals surface area contributed by atoms with Crippen LogP contribution in [0.25, 0.3) is 33.9 Å². The lowest BCUT2D eigenvalue weighted by Gasteiger charge is -2.15. The molecule has 0 bridgehead atoms. The molecule has 0 radical (unpaired) electrons. The number of ether oxygens (including phenoxy) is 3. The number of carbonyl (C=O) groups excluding carboxylic acids is 1. The van der Waals surface area contributed by atoms with Crippen molar-refractivity contribution in [2.24, 2.45) is 5.73 Å². The Balaban J connectivity index is 1.25. The SMILES string of the molecule is NCCOCCOCCNC(=O)c1ccc(Cn2c(-c3ccc(OCc4ccccc4)cc3)nc(-c3ccccc3)c2-c2ccccc2)cc1. The number of nitrogens with zero attached hydrogens (tertiary/aromatic N) is 2. The highest BCUT2D eigenvalue weighted by Gasteiger charge is 2.21. The van der Waals surface area contributed by atoms with Crippen molar-refractivity contribution in [3.05, 3.63) is 156 Å². The first-order valence-electron chi connectivity index (χ1n) is 16.9. The van der Waals surface area contributed by atoms with E-state index in [1.54, 1.807) is 0 Å². The van der Waals surface area contributed by atoms with Crippen LogP contribution in [0.2, 0.25) is 0 Å². The normalized spacial score (nSPS) is 11.0. The van der Waals surface area contributed by atoms with Crippen molar-refractivity contribution in [2.75, 3.05) is 39.5 Å². The lowest BCUT2D eigenvalue weighted by atomic mass is 10.0. The zero-order chi connectivity index (χ0) is 34.4. The monoisotopic (exact) mass is 666 g/mol. The van der Waals surface area contributed by atoms with Gasteiger partial charge in [0.05, 0.1) is 37.8 Å². The maximum absolute atomic E-state index is 12.9. The summed E-state index contributed by atoms with van der Waals surface area (Å²) in [5.74, 6) is 1.49. The molecule has 8 nitrogen and oxygen atoms in total. The lowest BCUT2D eigenvalue weighted by Crippen LogP contribution is -2.27. The molecule has 0 aliphatic carbocycles. The zero-order valence-electron chi connectivity index (χ0n) is 28.0. The van der Waals surface area contributed by atoms with Gasteiger partial charge in [-0.2, -0.15) is 0 Å². The molecule has 0 saturated heterocycles. The standard InChI is InChI=1S/C42H42N4O4/c43-24-26-48-28-29-49-27-25-44-42(47)37-18-16-32(17-19-37)30-46-40(35-14-8-3-9-15-35)39(34-12-6-2-7-13-34)45-41(46)36-20-22-38(23-21-36)50-31-33-10-4-1-5-11-33/h1-23H,24-31,43H2,(H,44,47). The van der Waals surface area contributed by atoms with Crippen molar-refractivity contribution in [1.29, 1.82) is 0 Å². The Morgan fingerprint density at radius 1 is 0.640 bits per heavy atom. The van der Waals surface area contributed by atoms with Crippen LogP contribution in [-0.4, -0.2) is 55.0 Å². The number of amides is 1. The molecule has 1 amide bonds. The molecule has 8 heteroatoms. The van der Waals surface area contributed by atoms with Crippen LogP contribution < -0.4 is 15.8 Å². The van der Waals surface area contributed by atoms with Crippen LogP contribution in [0.3, 0.4) is 0 Å². The van der Waals surface area contributed by atoms with Crippen LogP contribution in [-0.2, 0) is 22.6 Å². The Labute approximate surface area is 293 Å². The number of nitrogens with two attached hydrogens (primary N) is 1. The summed E-state index contributed by atoms with van der Waals surface area (Å²) in [5, 5.41) is 2.93. The van der Waals surface area contributed by atoms with Crippen molar-refractivity contribution in [3.63, 3.8) is 0 Å². The van der Waals surface area contributed by atoms with Gasteiger partial charge in [0.2, 0.25) is 0 Å². The molecule has 254 valence electrons. The second-order valence-corrected chi connectivity index (χ2v) is 11.7. The molecular weight excluding hydrogens is 624 g/mol. The van der Waals surface area contributed by atoms with Crippen LogP contribution in [0.15, 0.2) is 140 Å². The summed E-state index contributed by atoms with van der Waals surface area (Å²) in [6, 6.07) is 46.6. The first kappa shape index (κ1) is 34.3. The Bertz CT molecular complexity index is 1910. The molecule has 0 spiro atoms. The van der Waals surface area contributed by atoms with E-state index in [2.05, 4.69) is 58.4 Å². The summed E-state index contributed by atoms with van der Waals surface area (Å²) in [4.78, 5) is 18.1. The van der Waals surface area contributed by atoms with E-state index in [9.17, 15) is 4.79 Å². The molecule has 0 fully saturated rings. The zero-order valence-corrected chi connectivity index (χ0v) is 28.0. The number of benzene rings is 5. The van der Waals surface area contributed by atoms with Crippen LogP contribution in [0.4, 0.5) is 0 Å². The summed E-state index contributed by atoms with van der Waals surface area (Å²) >= 11 is 0.